The first-order valence-electron chi connectivity index (χ1n) is 7.56. The van der Waals surface area contributed by atoms with Crippen molar-refractivity contribution in [3.8, 4) is 0 Å². The lowest BCUT2D eigenvalue weighted by Gasteiger charge is -2.24. The molecule has 0 radical (unpaired) electrons. The second kappa shape index (κ2) is 6.33. The maximum absolute atomic E-state index is 5.33. The van der Waals surface area contributed by atoms with Gasteiger partial charge in [-0.25, -0.2) is 0 Å². The fourth-order valence-electron chi connectivity index (χ4n) is 3.52. The molecule has 104 valence electrons. The Hall–Kier alpha value is -0.160. The van der Waals surface area contributed by atoms with Gasteiger partial charge in [0.05, 0.1) is 26.4 Å². The van der Waals surface area contributed by atoms with Crippen molar-refractivity contribution in [1.29, 1.82) is 0 Å². The van der Waals surface area contributed by atoms with Crippen molar-refractivity contribution in [3.05, 3.63) is 0 Å². The molecule has 4 nitrogen and oxygen atoms in total. The summed E-state index contributed by atoms with van der Waals surface area (Å²) in [7, 11) is 0. The van der Waals surface area contributed by atoms with Crippen molar-refractivity contribution >= 4 is 0 Å². The molecule has 4 aliphatic heterocycles. The van der Waals surface area contributed by atoms with Crippen molar-refractivity contribution in [3.63, 3.8) is 0 Å². The molecule has 4 fully saturated rings. The van der Waals surface area contributed by atoms with Gasteiger partial charge in [0, 0.05) is 12.1 Å². The van der Waals surface area contributed by atoms with E-state index in [1.54, 1.807) is 0 Å². The van der Waals surface area contributed by atoms with E-state index in [0.29, 0.717) is 12.1 Å². The Morgan fingerprint density at radius 1 is 0.667 bits per heavy atom. The van der Waals surface area contributed by atoms with Crippen LogP contribution < -0.4 is 10.6 Å². The van der Waals surface area contributed by atoms with E-state index < -0.39 is 0 Å². The van der Waals surface area contributed by atoms with Gasteiger partial charge in [-0.05, 0) is 50.6 Å². The van der Waals surface area contributed by atoms with E-state index in [9.17, 15) is 0 Å². The van der Waals surface area contributed by atoms with Crippen LogP contribution in [0.1, 0.15) is 25.7 Å². The lowest BCUT2D eigenvalue weighted by atomic mass is 9.94. The number of ether oxygens (including phenoxy) is 2. The van der Waals surface area contributed by atoms with E-state index in [1.807, 2.05) is 0 Å². The fraction of sp³-hybridized carbons (Fsp3) is 1.00. The third-order valence-corrected chi connectivity index (χ3v) is 4.71. The van der Waals surface area contributed by atoms with Gasteiger partial charge >= 0.3 is 0 Å². The SMILES string of the molecule is C1CN[C@@H]2COC[C@@H]2C1.C1CN[C@H]2COC[C@H]2C1. The van der Waals surface area contributed by atoms with Crippen LogP contribution in [0.15, 0.2) is 0 Å². The summed E-state index contributed by atoms with van der Waals surface area (Å²) in [5, 5.41) is 6.91. The molecule has 18 heavy (non-hydrogen) atoms. The van der Waals surface area contributed by atoms with Crippen LogP contribution in [0.4, 0.5) is 0 Å². The molecule has 0 bridgehead atoms. The predicted molar refractivity (Wildman–Crippen MR) is 70.7 cm³/mol. The Balaban J connectivity index is 0.000000111. The Morgan fingerprint density at radius 2 is 1.17 bits per heavy atom. The van der Waals surface area contributed by atoms with Gasteiger partial charge < -0.3 is 20.1 Å². The summed E-state index contributed by atoms with van der Waals surface area (Å²) in [6.07, 6.45) is 5.42. The minimum absolute atomic E-state index is 0.693. The second-order valence-corrected chi connectivity index (χ2v) is 6.00. The largest absolute Gasteiger partial charge is 0.379 e. The predicted octanol–water partition coefficient (Wildman–Crippen LogP) is 0.770. The van der Waals surface area contributed by atoms with Gasteiger partial charge in [0.2, 0.25) is 0 Å². The molecule has 4 rings (SSSR count). The highest BCUT2D eigenvalue weighted by Gasteiger charge is 2.30. The maximum atomic E-state index is 5.33. The van der Waals surface area contributed by atoms with Crippen LogP contribution in [0.5, 0.6) is 0 Å². The van der Waals surface area contributed by atoms with Crippen molar-refractivity contribution in [2.45, 2.75) is 37.8 Å². The highest BCUT2D eigenvalue weighted by Crippen LogP contribution is 2.22. The molecule has 0 aromatic heterocycles. The first kappa shape index (κ1) is 12.9. The summed E-state index contributed by atoms with van der Waals surface area (Å²) in [6, 6.07) is 1.39. The number of hydrogen-bond acceptors (Lipinski definition) is 4. The fourth-order valence-corrected chi connectivity index (χ4v) is 3.52. The Bertz CT molecular complexity index is 212. The van der Waals surface area contributed by atoms with Crippen LogP contribution >= 0.6 is 0 Å². The molecule has 0 aromatic rings. The quantitative estimate of drug-likeness (QED) is 0.670. The van der Waals surface area contributed by atoms with Gasteiger partial charge in [0.15, 0.2) is 0 Å². The molecule has 0 spiro atoms. The summed E-state index contributed by atoms with van der Waals surface area (Å²) in [5.74, 6) is 1.66. The van der Waals surface area contributed by atoms with Gasteiger partial charge in [0.25, 0.3) is 0 Å². The minimum atomic E-state index is 0.693. The molecule has 0 aromatic carbocycles. The van der Waals surface area contributed by atoms with Gasteiger partial charge in [0.1, 0.15) is 0 Å². The molecule has 0 aliphatic carbocycles. The number of hydrogen-bond donors (Lipinski definition) is 2. The minimum Gasteiger partial charge on any atom is -0.379 e. The molecule has 4 heteroatoms. The molecule has 0 unspecified atom stereocenters. The smallest absolute Gasteiger partial charge is 0.0623 e. The molecular formula is C14H26N2O2. The molecular weight excluding hydrogens is 228 g/mol. The maximum Gasteiger partial charge on any atom is 0.0623 e. The standard InChI is InChI=1S/2C7H13NO/c2*1-2-6-4-9-5-7(6)8-3-1/h2*6-8H,1-5H2/t2*6-,7+/m10/s1. The van der Waals surface area contributed by atoms with Crippen molar-refractivity contribution in [1.82, 2.24) is 10.6 Å². The number of nitrogens with one attached hydrogen (secondary N) is 2. The van der Waals surface area contributed by atoms with E-state index in [1.165, 1.54) is 38.8 Å². The average molecular weight is 254 g/mol. The van der Waals surface area contributed by atoms with Crippen LogP contribution in [-0.2, 0) is 9.47 Å². The summed E-state index contributed by atoms with van der Waals surface area (Å²) < 4.78 is 10.7. The molecule has 4 aliphatic rings. The zero-order valence-corrected chi connectivity index (χ0v) is 11.2. The summed E-state index contributed by atoms with van der Waals surface area (Å²) in [6.45, 7) is 6.29. The van der Waals surface area contributed by atoms with Gasteiger partial charge in [-0.15, -0.1) is 0 Å². The van der Waals surface area contributed by atoms with Gasteiger partial charge in [-0.2, -0.15) is 0 Å². The van der Waals surface area contributed by atoms with Gasteiger partial charge in [-0.1, -0.05) is 0 Å². The first-order chi connectivity index (χ1) is 8.93. The molecule has 4 atom stereocenters. The Kier molecular flexibility index (Phi) is 4.52. The zero-order chi connectivity index (χ0) is 12.2. The van der Waals surface area contributed by atoms with E-state index >= 15 is 0 Å². The van der Waals surface area contributed by atoms with E-state index in [2.05, 4.69) is 10.6 Å². The molecule has 2 N–H and O–H groups in total. The topological polar surface area (TPSA) is 42.5 Å². The van der Waals surface area contributed by atoms with Crippen LogP contribution in [0.25, 0.3) is 0 Å². The van der Waals surface area contributed by atoms with Crippen molar-refractivity contribution in [2.24, 2.45) is 11.8 Å². The van der Waals surface area contributed by atoms with Crippen LogP contribution in [0.2, 0.25) is 0 Å². The van der Waals surface area contributed by atoms with Crippen LogP contribution in [-0.4, -0.2) is 51.6 Å². The van der Waals surface area contributed by atoms with E-state index in [-0.39, 0.29) is 0 Å². The third kappa shape index (κ3) is 3.05. The molecule has 4 saturated heterocycles. The lowest BCUT2D eigenvalue weighted by Crippen LogP contribution is -2.40. The monoisotopic (exact) mass is 254 g/mol. The zero-order valence-electron chi connectivity index (χ0n) is 11.2. The summed E-state index contributed by atoms with van der Waals surface area (Å²) in [4.78, 5) is 0. The highest BCUT2D eigenvalue weighted by molar-refractivity contribution is 4.85. The third-order valence-electron chi connectivity index (χ3n) is 4.71. The average Bonchev–Trinajstić information content (AvgIpc) is 3.08. The number of piperidine rings is 2. The van der Waals surface area contributed by atoms with Crippen molar-refractivity contribution < 1.29 is 9.47 Å². The highest BCUT2D eigenvalue weighted by atomic mass is 16.5. The lowest BCUT2D eigenvalue weighted by molar-refractivity contribution is 0.183. The van der Waals surface area contributed by atoms with Gasteiger partial charge in [-0.3, -0.25) is 0 Å². The van der Waals surface area contributed by atoms with E-state index in [0.717, 1.165) is 38.3 Å². The summed E-state index contributed by atoms with van der Waals surface area (Å²) in [5.41, 5.74) is 0. The summed E-state index contributed by atoms with van der Waals surface area (Å²) >= 11 is 0. The Morgan fingerprint density at radius 3 is 1.61 bits per heavy atom. The molecule has 0 saturated carbocycles. The molecule has 4 heterocycles. The van der Waals surface area contributed by atoms with Crippen LogP contribution in [0.3, 0.4) is 0 Å². The van der Waals surface area contributed by atoms with Crippen LogP contribution in [0, 0.1) is 11.8 Å². The van der Waals surface area contributed by atoms with E-state index in [4.69, 9.17) is 9.47 Å². The first-order valence-corrected chi connectivity index (χ1v) is 7.56. The van der Waals surface area contributed by atoms with Crippen molar-refractivity contribution in [2.75, 3.05) is 39.5 Å². The molecule has 0 amide bonds. The Labute approximate surface area is 110 Å². The normalized spacial score (nSPS) is 42.7. The second-order valence-electron chi connectivity index (χ2n) is 6.00. The number of fused-ring (bicyclic) bond motifs is 2. The number of rotatable bonds is 0.